The molecule has 0 aromatic heterocycles. The van der Waals surface area contributed by atoms with Gasteiger partial charge in [0.05, 0.1) is 13.2 Å². The highest BCUT2D eigenvalue weighted by Crippen LogP contribution is 2.30. The molecule has 1 aliphatic heterocycles. The minimum absolute atomic E-state index is 0.342. The summed E-state index contributed by atoms with van der Waals surface area (Å²) < 4.78 is 5.30. The molecule has 0 fully saturated rings. The fourth-order valence-corrected chi connectivity index (χ4v) is 1.73. The second-order valence-corrected chi connectivity index (χ2v) is 3.23. The van der Waals surface area contributed by atoms with E-state index in [9.17, 15) is 5.11 Å². The van der Waals surface area contributed by atoms with E-state index in [2.05, 4.69) is 0 Å². The third-order valence-electron chi connectivity index (χ3n) is 2.40. The lowest BCUT2D eigenvalue weighted by Gasteiger charge is -2.07. The first-order chi connectivity index (χ1) is 6.33. The SMILES string of the molecule is NCCc1c(O)ccc2c1COC2. The number of aromatic hydroxyl groups is 1. The molecule has 0 unspecified atom stereocenters. The van der Waals surface area contributed by atoms with Crippen molar-refractivity contribution in [2.75, 3.05) is 6.54 Å². The number of phenols is 1. The standard InChI is InChI=1S/C10H13NO2/c11-4-3-8-9-6-13-5-7(9)1-2-10(8)12/h1-2,12H,3-6,11H2. The second kappa shape index (κ2) is 3.36. The Bertz CT molecular complexity index is 323. The van der Waals surface area contributed by atoms with Crippen LogP contribution in [0.3, 0.4) is 0 Å². The average molecular weight is 179 g/mol. The fraction of sp³-hybridized carbons (Fsp3) is 0.400. The van der Waals surface area contributed by atoms with Crippen molar-refractivity contribution in [3.63, 3.8) is 0 Å². The zero-order valence-electron chi connectivity index (χ0n) is 7.42. The van der Waals surface area contributed by atoms with Crippen LogP contribution in [0.4, 0.5) is 0 Å². The monoisotopic (exact) mass is 179 g/mol. The molecule has 2 rings (SSSR count). The molecular weight excluding hydrogens is 166 g/mol. The molecule has 13 heavy (non-hydrogen) atoms. The van der Waals surface area contributed by atoms with E-state index in [1.165, 1.54) is 5.56 Å². The first-order valence-corrected chi connectivity index (χ1v) is 4.43. The van der Waals surface area contributed by atoms with Crippen LogP contribution < -0.4 is 5.73 Å². The number of phenolic OH excluding ortho intramolecular Hbond substituents is 1. The van der Waals surface area contributed by atoms with Gasteiger partial charge in [0.1, 0.15) is 5.75 Å². The maximum atomic E-state index is 9.59. The van der Waals surface area contributed by atoms with Crippen molar-refractivity contribution >= 4 is 0 Å². The van der Waals surface area contributed by atoms with Gasteiger partial charge in [-0.15, -0.1) is 0 Å². The van der Waals surface area contributed by atoms with Gasteiger partial charge in [-0.25, -0.2) is 0 Å². The van der Waals surface area contributed by atoms with Crippen LogP contribution >= 0.6 is 0 Å². The average Bonchev–Trinajstić information content (AvgIpc) is 2.58. The first-order valence-electron chi connectivity index (χ1n) is 4.43. The second-order valence-electron chi connectivity index (χ2n) is 3.23. The minimum Gasteiger partial charge on any atom is -0.508 e. The lowest BCUT2D eigenvalue weighted by atomic mass is 10.00. The van der Waals surface area contributed by atoms with Crippen molar-refractivity contribution in [2.45, 2.75) is 19.6 Å². The smallest absolute Gasteiger partial charge is 0.119 e. The largest absolute Gasteiger partial charge is 0.508 e. The molecule has 0 amide bonds. The molecule has 1 aliphatic rings. The highest BCUT2D eigenvalue weighted by Gasteiger charge is 2.17. The van der Waals surface area contributed by atoms with Crippen molar-refractivity contribution < 1.29 is 9.84 Å². The van der Waals surface area contributed by atoms with E-state index in [0.717, 1.165) is 17.5 Å². The number of hydrogen-bond donors (Lipinski definition) is 2. The van der Waals surface area contributed by atoms with E-state index in [-0.39, 0.29) is 0 Å². The van der Waals surface area contributed by atoms with Gasteiger partial charge in [0.2, 0.25) is 0 Å². The maximum Gasteiger partial charge on any atom is 0.119 e. The molecule has 3 N–H and O–H groups in total. The van der Waals surface area contributed by atoms with E-state index >= 15 is 0 Å². The van der Waals surface area contributed by atoms with Crippen LogP contribution in [-0.2, 0) is 24.4 Å². The van der Waals surface area contributed by atoms with Crippen LogP contribution in [0.25, 0.3) is 0 Å². The normalized spacial score (nSPS) is 14.5. The van der Waals surface area contributed by atoms with Gasteiger partial charge in [0.25, 0.3) is 0 Å². The number of fused-ring (bicyclic) bond motifs is 1. The molecule has 0 aliphatic carbocycles. The highest BCUT2D eigenvalue weighted by atomic mass is 16.5. The number of benzene rings is 1. The van der Waals surface area contributed by atoms with Gasteiger partial charge >= 0.3 is 0 Å². The third-order valence-corrected chi connectivity index (χ3v) is 2.40. The minimum atomic E-state index is 0.342. The summed E-state index contributed by atoms with van der Waals surface area (Å²) in [5.74, 6) is 0.342. The lowest BCUT2D eigenvalue weighted by molar-refractivity contribution is 0.134. The van der Waals surface area contributed by atoms with Crippen LogP contribution in [0.5, 0.6) is 5.75 Å². The summed E-state index contributed by atoms with van der Waals surface area (Å²) >= 11 is 0. The summed E-state index contributed by atoms with van der Waals surface area (Å²) in [5.41, 5.74) is 8.74. The Hall–Kier alpha value is -1.06. The Morgan fingerprint density at radius 3 is 3.00 bits per heavy atom. The molecule has 0 spiro atoms. The quantitative estimate of drug-likeness (QED) is 0.710. The van der Waals surface area contributed by atoms with Crippen molar-refractivity contribution in [1.82, 2.24) is 0 Å². The Labute approximate surface area is 77.1 Å². The Morgan fingerprint density at radius 2 is 2.23 bits per heavy atom. The lowest BCUT2D eigenvalue weighted by Crippen LogP contribution is -2.05. The van der Waals surface area contributed by atoms with Gasteiger partial charge in [-0.05, 0) is 30.2 Å². The summed E-state index contributed by atoms with van der Waals surface area (Å²) in [4.78, 5) is 0. The zero-order chi connectivity index (χ0) is 9.26. The van der Waals surface area contributed by atoms with Crippen LogP contribution in [0.15, 0.2) is 12.1 Å². The highest BCUT2D eigenvalue weighted by molar-refractivity contribution is 5.45. The Morgan fingerprint density at radius 1 is 1.38 bits per heavy atom. The molecule has 0 atom stereocenters. The molecule has 0 bridgehead atoms. The van der Waals surface area contributed by atoms with Gasteiger partial charge in [-0.3, -0.25) is 0 Å². The predicted octanol–water partition coefficient (Wildman–Crippen LogP) is 0.924. The first kappa shape index (κ1) is 8.53. The summed E-state index contributed by atoms with van der Waals surface area (Å²) in [7, 11) is 0. The molecule has 3 heteroatoms. The number of hydrogen-bond acceptors (Lipinski definition) is 3. The fourth-order valence-electron chi connectivity index (χ4n) is 1.73. The van der Waals surface area contributed by atoms with Gasteiger partial charge in [-0.2, -0.15) is 0 Å². The molecule has 1 aromatic rings. The molecule has 0 saturated heterocycles. The zero-order valence-corrected chi connectivity index (χ0v) is 7.42. The molecule has 3 nitrogen and oxygen atoms in total. The van der Waals surface area contributed by atoms with Crippen LogP contribution in [0.2, 0.25) is 0 Å². The molecule has 1 aromatic carbocycles. The molecular formula is C10H13NO2. The Balaban J connectivity index is 2.45. The summed E-state index contributed by atoms with van der Waals surface area (Å²) in [5, 5.41) is 9.59. The van der Waals surface area contributed by atoms with E-state index in [0.29, 0.717) is 25.5 Å². The number of ether oxygens (including phenoxy) is 1. The van der Waals surface area contributed by atoms with Crippen molar-refractivity contribution in [3.05, 3.63) is 28.8 Å². The molecule has 0 radical (unpaired) electrons. The summed E-state index contributed by atoms with van der Waals surface area (Å²) in [6.45, 7) is 1.83. The topological polar surface area (TPSA) is 55.5 Å². The van der Waals surface area contributed by atoms with Gasteiger partial charge < -0.3 is 15.6 Å². The summed E-state index contributed by atoms with van der Waals surface area (Å²) in [6.07, 6.45) is 0.721. The van der Waals surface area contributed by atoms with Crippen molar-refractivity contribution in [1.29, 1.82) is 0 Å². The molecule has 0 saturated carbocycles. The van der Waals surface area contributed by atoms with E-state index in [1.54, 1.807) is 6.07 Å². The van der Waals surface area contributed by atoms with Gasteiger partial charge in [0.15, 0.2) is 0 Å². The molecule has 70 valence electrons. The molecule has 1 heterocycles. The summed E-state index contributed by atoms with van der Waals surface area (Å²) in [6, 6.07) is 3.64. The number of nitrogens with two attached hydrogens (primary N) is 1. The predicted molar refractivity (Wildman–Crippen MR) is 49.4 cm³/mol. The van der Waals surface area contributed by atoms with Crippen LogP contribution in [-0.4, -0.2) is 11.7 Å². The van der Waals surface area contributed by atoms with Crippen LogP contribution in [0.1, 0.15) is 16.7 Å². The van der Waals surface area contributed by atoms with Gasteiger partial charge in [0, 0.05) is 5.56 Å². The van der Waals surface area contributed by atoms with Crippen molar-refractivity contribution in [2.24, 2.45) is 5.73 Å². The van der Waals surface area contributed by atoms with E-state index < -0.39 is 0 Å². The van der Waals surface area contributed by atoms with Crippen molar-refractivity contribution in [3.8, 4) is 5.75 Å². The Kier molecular flexibility index (Phi) is 2.20. The van der Waals surface area contributed by atoms with Gasteiger partial charge in [-0.1, -0.05) is 6.07 Å². The third kappa shape index (κ3) is 1.41. The number of rotatable bonds is 2. The van der Waals surface area contributed by atoms with Crippen LogP contribution in [0, 0.1) is 0 Å². The van der Waals surface area contributed by atoms with E-state index in [4.69, 9.17) is 10.5 Å². The van der Waals surface area contributed by atoms with E-state index in [1.807, 2.05) is 6.07 Å². The maximum absolute atomic E-state index is 9.59.